The summed E-state index contributed by atoms with van der Waals surface area (Å²) in [5.74, 6) is 0.252. The van der Waals surface area contributed by atoms with Crippen molar-refractivity contribution in [3.8, 4) is 5.75 Å². The Morgan fingerprint density at radius 1 is 1.16 bits per heavy atom. The van der Waals surface area contributed by atoms with E-state index in [2.05, 4.69) is 20.5 Å². The topological polar surface area (TPSA) is 86.9 Å². The second kappa shape index (κ2) is 7.74. The average Bonchev–Trinajstić information content (AvgIpc) is 3.27. The lowest BCUT2D eigenvalue weighted by Crippen LogP contribution is -2.17. The van der Waals surface area contributed by atoms with E-state index in [4.69, 9.17) is 4.74 Å². The summed E-state index contributed by atoms with van der Waals surface area (Å²) in [5.41, 5.74) is -0.274. The number of fused-ring (bicyclic) bond motifs is 1. The summed E-state index contributed by atoms with van der Waals surface area (Å²) in [6.45, 7) is -0.329. The van der Waals surface area contributed by atoms with Crippen molar-refractivity contribution in [3.05, 3.63) is 65.7 Å². The molecule has 0 atom stereocenters. The lowest BCUT2D eigenvalue weighted by molar-refractivity contribution is -0.142. The maximum absolute atomic E-state index is 13.1. The van der Waals surface area contributed by atoms with Crippen LogP contribution in [-0.4, -0.2) is 30.5 Å². The van der Waals surface area contributed by atoms with Gasteiger partial charge in [0.1, 0.15) is 18.1 Å². The van der Waals surface area contributed by atoms with E-state index in [9.17, 15) is 18.0 Å². The van der Waals surface area contributed by atoms with Crippen molar-refractivity contribution in [2.45, 2.75) is 12.8 Å². The highest BCUT2D eigenvalue weighted by Crippen LogP contribution is 2.31. The molecule has 4 aromatic rings. The molecular formula is C20H17F3N6O2. The molecule has 1 aromatic carbocycles. The molecule has 0 saturated heterocycles. The molecule has 1 N–H and O–H groups in total. The second-order valence-electron chi connectivity index (χ2n) is 6.78. The molecule has 1 amide bonds. The van der Waals surface area contributed by atoms with Gasteiger partial charge in [0.05, 0.1) is 5.52 Å². The zero-order valence-corrected chi connectivity index (χ0v) is 16.5. The molecule has 0 aliphatic rings. The van der Waals surface area contributed by atoms with E-state index in [0.29, 0.717) is 22.5 Å². The van der Waals surface area contributed by atoms with Gasteiger partial charge in [0.2, 0.25) is 0 Å². The Balaban J connectivity index is 1.60. The summed E-state index contributed by atoms with van der Waals surface area (Å²) in [4.78, 5) is 16.2. The van der Waals surface area contributed by atoms with Gasteiger partial charge in [0, 0.05) is 43.5 Å². The SMILES string of the molecule is Cn1ccc(NC(=O)c2c3cc(OCc4cccnc4C(F)(F)F)ccc3nn2C)n1. The summed E-state index contributed by atoms with van der Waals surface area (Å²) in [5, 5.41) is 11.6. The second-order valence-corrected chi connectivity index (χ2v) is 6.78. The number of aryl methyl sites for hydroxylation is 2. The van der Waals surface area contributed by atoms with Gasteiger partial charge >= 0.3 is 6.18 Å². The number of benzene rings is 1. The Hall–Kier alpha value is -3.89. The van der Waals surface area contributed by atoms with Gasteiger partial charge in [-0.3, -0.25) is 19.1 Å². The molecule has 3 heterocycles. The number of ether oxygens (including phenoxy) is 1. The highest BCUT2D eigenvalue weighted by Gasteiger charge is 2.35. The molecule has 0 aliphatic carbocycles. The molecule has 160 valence electrons. The molecule has 8 nitrogen and oxygen atoms in total. The number of nitrogens with zero attached hydrogens (tertiary/aromatic N) is 5. The number of nitrogens with one attached hydrogen (secondary N) is 1. The third-order valence-electron chi connectivity index (χ3n) is 4.53. The fourth-order valence-corrected chi connectivity index (χ4v) is 3.17. The van der Waals surface area contributed by atoms with Crippen LogP contribution in [0, 0.1) is 0 Å². The van der Waals surface area contributed by atoms with E-state index in [1.807, 2.05) is 0 Å². The molecule has 0 fully saturated rings. The zero-order valence-electron chi connectivity index (χ0n) is 16.5. The molecule has 3 aromatic heterocycles. The number of rotatable bonds is 5. The molecule has 0 saturated carbocycles. The Kier molecular flexibility index (Phi) is 5.09. The molecule has 4 rings (SSSR count). The quantitative estimate of drug-likeness (QED) is 0.523. The lowest BCUT2D eigenvalue weighted by atomic mass is 10.2. The molecule has 0 unspecified atom stereocenters. The van der Waals surface area contributed by atoms with Crippen molar-refractivity contribution < 1.29 is 22.7 Å². The van der Waals surface area contributed by atoms with Gasteiger partial charge in [0.25, 0.3) is 5.91 Å². The number of aromatic nitrogens is 5. The van der Waals surface area contributed by atoms with E-state index >= 15 is 0 Å². The van der Waals surface area contributed by atoms with Crippen LogP contribution in [0.3, 0.4) is 0 Å². The summed E-state index contributed by atoms with van der Waals surface area (Å²) >= 11 is 0. The number of anilines is 1. The Morgan fingerprint density at radius 2 is 1.97 bits per heavy atom. The molecule has 11 heteroatoms. The van der Waals surface area contributed by atoms with E-state index in [-0.39, 0.29) is 17.9 Å². The number of carbonyl (C=O) groups is 1. The smallest absolute Gasteiger partial charge is 0.433 e. The number of alkyl halides is 3. The summed E-state index contributed by atoms with van der Waals surface area (Å²) in [6, 6.07) is 9.16. The van der Waals surface area contributed by atoms with Crippen LogP contribution in [0.15, 0.2) is 48.8 Å². The summed E-state index contributed by atoms with van der Waals surface area (Å²) in [7, 11) is 3.35. The standard InChI is InChI=1S/C20H17F3N6O2/c1-28-9-7-16(27-28)25-19(30)17-14-10-13(5-6-15(14)26-29(17)2)31-11-12-4-3-8-24-18(12)20(21,22)23/h3-10H,11H2,1-2H3,(H,25,27,30). The van der Waals surface area contributed by atoms with Crippen LogP contribution in [0.5, 0.6) is 5.75 Å². The normalized spacial score (nSPS) is 11.6. The lowest BCUT2D eigenvalue weighted by Gasteiger charge is -2.12. The maximum Gasteiger partial charge on any atom is 0.433 e. The van der Waals surface area contributed by atoms with Crippen LogP contribution in [0.25, 0.3) is 10.9 Å². The van der Waals surface area contributed by atoms with Gasteiger partial charge in [0.15, 0.2) is 11.5 Å². The molecule has 0 spiro atoms. The van der Waals surface area contributed by atoms with Crippen molar-refractivity contribution in [2.24, 2.45) is 14.1 Å². The first-order valence-corrected chi connectivity index (χ1v) is 9.14. The van der Waals surface area contributed by atoms with Gasteiger partial charge in [-0.05, 0) is 24.3 Å². The minimum absolute atomic E-state index is 0.0885. The number of halogens is 3. The van der Waals surface area contributed by atoms with Crippen molar-refractivity contribution in [3.63, 3.8) is 0 Å². The van der Waals surface area contributed by atoms with E-state index in [0.717, 1.165) is 6.20 Å². The average molecular weight is 430 g/mol. The number of carbonyl (C=O) groups excluding carboxylic acids is 1. The van der Waals surface area contributed by atoms with Crippen LogP contribution in [0.2, 0.25) is 0 Å². The van der Waals surface area contributed by atoms with Crippen LogP contribution < -0.4 is 10.1 Å². The highest BCUT2D eigenvalue weighted by molar-refractivity contribution is 6.11. The van der Waals surface area contributed by atoms with Crippen LogP contribution in [0.1, 0.15) is 21.7 Å². The first-order valence-electron chi connectivity index (χ1n) is 9.14. The molecule has 0 aliphatic heterocycles. The third kappa shape index (κ3) is 4.20. The molecular weight excluding hydrogens is 413 g/mol. The first kappa shape index (κ1) is 20.4. The molecule has 31 heavy (non-hydrogen) atoms. The van der Waals surface area contributed by atoms with Crippen LogP contribution >= 0.6 is 0 Å². The maximum atomic E-state index is 13.1. The van der Waals surface area contributed by atoms with E-state index < -0.39 is 17.8 Å². The zero-order chi connectivity index (χ0) is 22.2. The van der Waals surface area contributed by atoms with Crippen LogP contribution in [0.4, 0.5) is 19.0 Å². The number of pyridine rings is 1. The van der Waals surface area contributed by atoms with Crippen molar-refractivity contribution in [1.82, 2.24) is 24.5 Å². The van der Waals surface area contributed by atoms with Gasteiger partial charge in [-0.25, -0.2) is 0 Å². The molecule has 0 bridgehead atoms. The Bertz CT molecular complexity index is 1260. The van der Waals surface area contributed by atoms with Crippen LogP contribution in [-0.2, 0) is 26.9 Å². The summed E-state index contributed by atoms with van der Waals surface area (Å²) < 4.78 is 47.9. The monoisotopic (exact) mass is 430 g/mol. The van der Waals surface area contributed by atoms with Gasteiger partial charge in [-0.1, -0.05) is 6.07 Å². The fourth-order valence-electron chi connectivity index (χ4n) is 3.17. The minimum Gasteiger partial charge on any atom is -0.489 e. The minimum atomic E-state index is -4.58. The number of hydrogen-bond acceptors (Lipinski definition) is 5. The largest absolute Gasteiger partial charge is 0.489 e. The predicted octanol–water partition coefficient (Wildman–Crippen LogP) is 3.55. The molecule has 0 radical (unpaired) electrons. The van der Waals surface area contributed by atoms with E-state index in [1.165, 1.54) is 16.8 Å². The van der Waals surface area contributed by atoms with E-state index in [1.54, 1.807) is 49.2 Å². The first-order chi connectivity index (χ1) is 14.7. The van der Waals surface area contributed by atoms with Crippen molar-refractivity contribution in [1.29, 1.82) is 0 Å². The third-order valence-corrected chi connectivity index (χ3v) is 4.53. The number of hydrogen-bond donors (Lipinski definition) is 1. The predicted molar refractivity (Wildman–Crippen MR) is 105 cm³/mol. The summed E-state index contributed by atoms with van der Waals surface area (Å²) in [6.07, 6.45) is -1.80. The highest BCUT2D eigenvalue weighted by atomic mass is 19.4. The van der Waals surface area contributed by atoms with Crippen molar-refractivity contribution in [2.75, 3.05) is 5.32 Å². The van der Waals surface area contributed by atoms with Crippen molar-refractivity contribution >= 4 is 22.6 Å². The van der Waals surface area contributed by atoms with Gasteiger partial charge < -0.3 is 10.1 Å². The van der Waals surface area contributed by atoms with Gasteiger partial charge in [-0.15, -0.1) is 0 Å². The Morgan fingerprint density at radius 3 is 2.68 bits per heavy atom. The fraction of sp³-hybridized carbons (Fsp3) is 0.200. The number of amides is 1. The van der Waals surface area contributed by atoms with Gasteiger partial charge in [-0.2, -0.15) is 23.4 Å². The Labute approximate surface area is 174 Å².